The van der Waals surface area contributed by atoms with E-state index in [2.05, 4.69) is 20.3 Å². The van der Waals surface area contributed by atoms with E-state index < -0.39 is 19.2 Å². The lowest BCUT2D eigenvalue weighted by Crippen LogP contribution is -2.27. The minimum absolute atomic E-state index is 0.377. The molecule has 6 nitrogen and oxygen atoms in total. The van der Waals surface area contributed by atoms with Crippen LogP contribution in [-0.4, -0.2) is 37.4 Å². The van der Waals surface area contributed by atoms with Gasteiger partial charge in [-0.25, -0.2) is 13.8 Å². The quantitative estimate of drug-likeness (QED) is 0.488. The predicted octanol–water partition coefficient (Wildman–Crippen LogP) is 3.61. The van der Waals surface area contributed by atoms with Crippen molar-refractivity contribution in [3.05, 3.63) is 72.4 Å². The Hall–Kier alpha value is -3.23. The van der Waals surface area contributed by atoms with Gasteiger partial charge in [-0.05, 0) is 37.3 Å². The number of nitrogens with one attached hydrogen (secondary N) is 1. The van der Waals surface area contributed by atoms with Crippen LogP contribution in [0, 0.1) is 6.92 Å². The van der Waals surface area contributed by atoms with Crippen molar-refractivity contribution in [2.24, 2.45) is 0 Å². The minimum Gasteiger partial charge on any atom is -0.373 e. The summed E-state index contributed by atoms with van der Waals surface area (Å²) in [6, 6.07) is 13.2. The number of aryl methyl sites for hydroxylation is 1. The van der Waals surface area contributed by atoms with Crippen LogP contribution < -0.4 is 5.32 Å². The first-order valence-electron chi connectivity index (χ1n) is 9.09. The molecule has 1 unspecified atom stereocenters. The Balaban J connectivity index is 1.77. The summed E-state index contributed by atoms with van der Waals surface area (Å²) in [5.74, 6) is 0. The molecule has 29 heavy (non-hydrogen) atoms. The fourth-order valence-corrected chi connectivity index (χ4v) is 3.18. The fourth-order valence-electron chi connectivity index (χ4n) is 3.18. The molecule has 0 saturated carbocycles. The fraction of sp³-hybridized carbons (Fsp3) is 0.190. The summed E-state index contributed by atoms with van der Waals surface area (Å²) in [6.07, 6.45) is 1.16. The maximum atomic E-state index is 12.5. The highest BCUT2D eigenvalue weighted by Crippen LogP contribution is 2.30. The molecular formula is C21H19F2N5O. The van der Waals surface area contributed by atoms with Gasteiger partial charge in [0, 0.05) is 29.2 Å². The van der Waals surface area contributed by atoms with Gasteiger partial charge in [0.2, 0.25) is 0 Å². The third-order valence-electron chi connectivity index (χ3n) is 4.53. The van der Waals surface area contributed by atoms with Gasteiger partial charge in [0.25, 0.3) is 6.43 Å². The van der Waals surface area contributed by atoms with Crippen molar-refractivity contribution < 1.29 is 13.9 Å². The lowest BCUT2D eigenvalue weighted by molar-refractivity contribution is 0.0859. The van der Waals surface area contributed by atoms with Gasteiger partial charge in [-0.15, -0.1) is 0 Å². The van der Waals surface area contributed by atoms with Crippen LogP contribution in [0.4, 0.5) is 8.78 Å². The number of aliphatic hydroxyl groups is 1. The van der Waals surface area contributed by atoms with Gasteiger partial charge in [-0.3, -0.25) is 19.7 Å². The summed E-state index contributed by atoms with van der Waals surface area (Å²) in [5.41, 5.74) is 5.05. The van der Waals surface area contributed by atoms with Crippen molar-refractivity contribution >= 4 is 5.65 Å². The van der Waals surface area contributed by atoms with Gasteiger partial charge in [0.15, 0.2) is 0 Å². The van der Waals surface area contributed by atoms with Crippen LogP contribution in [0.1, 0.15) is 17.6 Å². The van der Waals surface area contributed by atoms with Crippen LogP contribution in [0.5, 0.6) is 0 Å². The SMILES string of the molecule is Cc1cccc(-c2ncccc2-c2ccc3ncc(C(O)NCC(F)F)n3c2)n1. The first-order chi connectivity index (χ1) is 14.0. The molecule has 8 heteroatoms. The van der Waals surface area contributed by atoms with E-state index in [-0.39, 0.29) is 0 Å². The van der Waals surface area contributed by atoms with E-state index >= 15 is 0 Å². The van der Waals surface area contributed by atoms with Gasteiger partial charge in [0.05, 0.1) is 29.8 Å². The first kappa shape index (κ1) is 19.1. The van der Waals surface area contributed by atoms with E-state index in [0.717, 1.165) is 28.2 Å². The minimum atomic E-state index is -2.56. The number of hydrogen-bond donors (Lipinski definition) is 2. The van der Waals surface area contributed by atoms with Crippen LogP contribution in [0.3, 0.4) is 0 Å². The number of imidazole rings is 1. The summed E-state index contributed by atoms with van der Waals surface area (Å²) in [4.78, 5) is 13.3. The third-order valence-corrected chi connectivity index (χ3v) is 4.53. The Labute approximate surface area is 165 Å². The van der Waals surface area contributed by atoms with E-state index in [1.807, 2.05) is 43.3 Å². The Bertz CT molecular complexity index is 1140. The summed E-state index contributed by atoms with van der Waals surface area (Å²) in [6.45, 7) is 1.31. The van der Waals surface area contributed by atoms with Gasteiger partial charge in [-0.2, -0.15) is 0 Å². The van der Waals surface area contributed by atoms with Crippen LogP contribution in [0.25, 0.3) is 28.2 Å². The Morgan fingerprint density at radius 1 is 1.10 bits per heavy atom. The lowest BCUT2D eigenvalue weighted by atomic mass is 10.0. The summed E-state index contributed by atoms with van der Waals surface area (Å²) in [7, 11) is 0. The zero-order valence-electron chi connectivity index (χ0n) is 15.6. The van der Waals surface area contributed by atoms with Crippen LogP contribution in [0.15, 0.2) is 61.1 Å². The number of aliphatic hydroxyl groups excluding tert-OH is 1. The molecule has 0 amide bonds. The third kappa shape index (κ3) is 3.98. The topological polar surface area (TPSA) is 75.3 Å². The lowest BCUT2D eigenvalue weighted by Gasteiger charge is -2.13. The Morgan fingerprint density at radius 3 is 2.76 bits per heavy atom. The molecule has 4 rings (SSSR count). The Morgan fingerprint density at radius 2 is 1.97 bits per heavy atom. The number of nitrogens with zero attached hydrogens (tertiary/aromatic N) is 4. The molecule has 0 spiro atoms. The maximum Gasteiger partial charge on any atom is 0.250 e. The van der Waals surface area contributed by atoms with E-state index in [1.54, 1.807) is 22.9 Å². The standard InChI is InChI=1S/C21H19F2N5O/c1-13-4-2-6-16(27-13)20-15(5-3-9-24-20)14-7-8-19-25-10-17(28(19)12-14)21(29)26-11-18(22)23/h2-10,12,18,21,26,29H,11H2,1H3. The van der Waals surface area contributed by atoms with Gasteiger partial charge in [-0.1, -0.05) is 12.1 Å². The monoisotopic (exact) mass is 395 g/mol. The molecule has 4 heterocycles. The average Bonchev–Trinajstić information content (AvgIpc) is 3.15. The smallest absolute Gasteiger partial charge is 0.250 e. The van der Waals surface area contributed by atoms with Crippen molar-refractivity contribution in [3.8, 4) is 22.5 Å². The Kier molecular flexibility index (Phi) is 5.28. The highest BCUT2D eigenvalue weighted by molar-refractivity contribution is 5.79. The van der Waals surface area contributed by atoms with Crippen LogP contribution in [0.2, 0.25) is 0 Å². The number of aromatic nitrogens is 4. The highest BCUT2D eigenvalue weighted by atomic mass is 19.3. The molecule has 0 bridgehead atoms. The largest absolute Gasteiger partial charge is 0.373 e. The number of pyridine rings is 3. The molecule has 1 atom stereocenters. The molecule has 0 aliphatic carbocycles. The van der Waals surface area contributed by atoms with Crippen LogP contribution in [-0.2, 0) is 0 Å². The predicted molar refractivity (Wildman–Crippen MR) is 105 cm³/mol. The van der Waals surface area contributed by atoms with Gasteiger partial charge < -0.3 is 5.11 Å². The van der Waals surface area contributed by atoms with Crippen molar-refractivity contribution in [2.75, 3.05) is 6.54 Å². The molecular weight excluding hydrogens is 376 g/mol. The summed E-state index contributed by atoms with van der Waals surface area (Å²) in [5, 5.41) is 12.7. The normalized spacial score (nSPS) is 12.6. The number of fused-ring (bicyclic) bond motifs is 1. The van der Waals surface area contributed by atoms with E-state index in [0.29, 0.717) is 11.3 Å². The highest BCUT2D eigenvalue weighted by Gasteiger charge is 2.16. The second kappa shape index (κ2) is 8.02. The second-order valence-corrected chi connectivity index (χ2v) is 6.59. The van der Waals surface area contributed by atoms with Gasteiger partial charge in [0.1, 0.15) is 11.9 Å². The zero-order valence-corrected chi connectivity index (χ0v) is 15.6. The van der Waals surface area contributed by atoms with Crippen molar-refractivity contribution in [1.82, 2.24) is 24.7 Å². The molecule has 2 N–H and O–H groups in total. The first-order valence-corrected chi connectivity index (χ1v) is 9.09. The van der Waals surface area contributed by atoms with E-state index in [1.165, 1.54) is 6.20 Å². The molecule has 0 aromatic carbocycles. The molecule has 4 aromatic heterocycles. The second-order valence-electron chi connectivity index (χ2n) is 6.59. The van der Waals surface area contributed by atoms with Crippen molar-refractivity contribution in [2.45, 2.75) is 19.6 Å². The zero-order chi connectivity index (χ0) is 20.4. The summed E-state index contributed by atoms with van der Waals surface area (Å²) < 4.78 is 26.6. The number of hydrogen-bond acceptors (Lipinski definition) is 5. The molecule has 0 fully saturated rings. The van der Waals surface area contributed by atoms with Crippen molar-refractivity contribution in [3.63, 3.8) is 0 Å². The molecule has 0 saturated heterocycles. The van der Waals surface area contributed by atoms with Crippen LogP contribution >= 0.6 is 0 Å². The van der Waals surface area contributed by atoms with Gasteiger partial charge >= 0.3 is 0 Å². The van der Waals surface area contributed by atoms with E-state index in [4.69, 9.17) is 0 Å². The number of halogens is 2. The van der Waals surface area contributed by atoms with Crippen molar-refractivity contribution in [1.29, 1.82) is 0 Å². The molecule has 148 valence electrons. The number of alkyl halides is 2. The molecule has 4 aromatic rings. The molecule has 0 radical (unpaired) electrons. The van der Waals surface area contributed by atoms with E-state index in [9.17, 15) is 13.9 Å². The maximum absolute atomic E-state index is 12.5. The molecule has 0 aliphatic rings. The molecule has 0 aliphatic heterocycles. The summed E-state index contributed by atoms with van der Waals surface area (Å²) >= 11 is 0. The average molecular weight is 395 g/mol. The number of rotatable bonds is 6.